The summed E-state index contributed by atoms with van der Waals surface area (Å²) in [6.07, 6.45) is 1.42. The van der Waals surface area contributed by atoms with E-state index in [-0.39, 0.29) is 18.9 Å². The largest absolute Gasteiger partial charge is 0.447 e. The van der Waals surface area contributed by atoms with Crippen molar-refractivity contribution in [1.82, 2.24) is 10.2 Å². The number of nitrogens with zero attached hydrogens (tertiary/aromatic N) is 1. The van der Waals surface area contributed by atoms with Crippen LogP contribution in [-0.4, -0.2) is 48.1 Å². The Morgan fingerprint density at radius 3 is 2.32 bits per heavy atom. The molecule has 1 fully saturated rings. The van der Waals surface area contributed by atoms with Crippen molar-refractivity contribution in [2.75, 3.05) is 19.6 Å². The van der Waals surface area contributed by atoms with Crippen LogP contribution in [0.5, 0.6) is 0 Å². The molecule has 2 rings (SSSR count). The number of piperidine rings is 1. The number of likely N-dealkylation sites (tertiary alicyclic amines) is 1. The number of alkyl carbamates (subject to hydrolysis) is 1. The lowest BCUT2D eigenvalue weighted by Gasteiger charge is -2.30. The summed E-state index contributed by atoms with van der Waals surface area (Å²) in [5, 5.41) is 2.52. The maximum Gasteiger partial charge on any atom is 0.407 e. The molecule has 0 aliphatic carbocycles. The Labute approximate surface area is 166 Å². The first-order valence-electron chi connectivity index (χ1n) is 9.76. The van der Waals surface area contributed by atoms with E-state index in [0.29, 0.717) is 18.7 Å². The molecule has 1 aliphatic heterocycles. The summed E-state index contributed by atoms with van der Waals surface area (Å²) >= 11 is 0. The second kappa shape index (κ2) is 10.1. The van der Waals surface area contributed by atoms with Crippen molar-refractivity contribution in [3.63, 3.8) is 0 Å². The molecule has 7 nitrogen and oxygen atoms in total. The standard InChI is InChI=1S/C21H30N2O5/c1-21(2,3)28-20(26)22-13-12-17(24)27-18(16-10-6-4-7-11-16)19(25)23-14-8-5-9-15-23/h4,6-7,10-11,18H,5,8-9,12-15H2,1-3H3,(H,22,26)/t18-/m1/s1. The number of esters is 1. The molecule has 0 aromatic heterocycles. The highest BCUT2D eigenvalue weighted by Crippen LogP contribution is 2.23. The number of carbonyl (C=O) groups is 3. The van der Waals surface area contributed by atoms with Crippen LogP contribution in [0.2, 0.25) is 0 Å². The van der Waals surface area contributed by atoms with Gasteiger partial charge in [0.05, 0.1) is 6.42 Å². The number of benzene rings is 1. The third kappa shape index (κ3) is 7.21. The fourth-order valence-corrected chi connectivity index (χ4v) is 2.94. The third-order valence-corrected chi connectivity index (χ3v) is 4.24. The summed E-state index contributed by atoms with van der Waals surface area (Å²) in [4.78, 5) is 38.6. The Bertz CT molecular complexity index is 663. The Kier molecular flexibility index (Phi) is 7.84. The molecular weight excluding hydrogens is 360 g/mol. The number of hydrogen-bond donors (Lipinski definition) is 1. The van der Waals surface area contributed by atoms with E-state index in [1.165, 1.54) is 0 Å². The van der Waals surface area contributed by atoms with Crippen LogP contribution < -0.4 is 5.32 Å². The van der Waals surface area contributed by atoms with E-state index >= 15 is 0 Å². The highest BCUT2D eigenvalue weighted by molar-refractivity contribution is 5.85. The molecule has 1 saturated heterocycles. The molecular formula is C21H30N2O5. The number of nitrogens with one attached hydrogen (secondary N) is 1. The highest BCUT2D eigenvalue weighted by Gasteiger charge is 2.30. The lowest BCUT2D eigenvalue weighted by Crippen LogP contribution is -2.40. The second-order valence-electron chi connectivity index (χ2n) is 7.85. The van der Waals surface area contributed by atoms with Crippen LogP contribution in [0.25, 0.3) is 0 Å². The maximum atomic E-state index is 12.9. The van der Waals surface area contributed by atoms with Crippen LogP contribution in [0.4, 0.5) is 4.79 Å². The minimum Gasteiger partial charge on any atom is -0.447 e. The molecule has 0 radical (unpaired) electrons. The molecule has 1 heterocycles. The smallest absolute Gasteiger partial charge is 0.407 e. The number of ether oxygens (including phenoxy) is 2. The first-order chi connectivity index (χ1) is 13.3. The van der Waals surface area contributed by atoms with Gasteiger partial charge in [-0.2, -0.15) is 0 Å². The van der Waals surface area contributed by atoms with Gasteiger partial charge in [-0.15, -0.1) is 0 Å². The van der Waals surface area contributed by atoms with Crippen LogP contribution in [0.15, 0.2) is 30.3 Å². The van der Waals surface area contributed by atoms with E-state index in [1.807, 2.05) is 18.2 Å². The summed E-state index contributed by atoms with van der Waals surface area (Å²) in [6, 6.07) is 9.02. The molecule has 2 amide bonds. The van der Waals surface area contributed by atoms with E-state index in [2.05, 4.69) is 5.32 Å². The quantitative estimate of drug-likeness (QED) is 0.754. The van der Waals surface area contributed by atoms with Gasteiger partial charge in [0.25, 0.3) is 5.91 Å². The number of hydrogen-bond acceptors (Lipinski definition) is 5. The molecule has 0 unspecified atom stereocenters. The summed E-state index contributed by atoms with van der Waals surface area (Å²) in [6.45, 7) is 6.72. The molecule has 7 heteroatoms. The molecule has 0 spiro atoms. The summed E-state index contributed by atoms with van der Waals surface area (Å²) in [5.74, 6) is -0.741. The minimum absolute atomic E-state index is 0.0458. The van der Waals surface area contributed by atoms with Gasteiger partial charge in [0.15, 0.2) is 0 Å². The maximum absolute atomic E-state index is 12.9. The second-order valence-corrected chi connectivity index (χ2v) is 7.85. The molecule has 1 aromatic rings. The fourth-order valence-electron chi connectivity index (χ4n) is 2.94. The summed E-state index contributed by atoms with van der Waals surface area (Å²) in [5.41, 5.74) is 0.0376. The van der Waals surface area contributed by atoms with Gasteiger partial charge < -0.3 is 19.7 Å². The van der Waals surface area contributed by atoms with Gasteiger partial charge in [-0.25, -0.2) is 4.79 Å². The predicted octanol–water partition coefficient (Wildman–Crippen LogP) is 3.20. The zero-order chi connectivity index (χ0) is 20.6. The lowest BCUT2D eigenvalue weighted by molar-refractivity contribution is -0.161. The van der Waals surface area contributed by atoms with Crippen molar-refractivity contribution in [3.05, 3.63) is 35.9 Å². The third-order valence-electron chi connectivity index (χ3n) is 4.24. The van der Waals surface area contributed by atoms with Gasteiger partial charge >= 0.3 is 12.1 Å². The van der Waals surface area contributed by atoms with E-state index < -0.39 is 23.8 Å². The van der Waals surface area contributed by atoms with E-state index in [1.54, 1.807) is 37.8 Å². The SMILES string of the molecule is CC(C)(C)OC(=O)NCCC(=O)O[C@@H](C(=O)N1CCCCC1)c1ccccc1. The number of carbonyl (C=O) groups excluding carboxylic acids is 3. The normalized spacial score (nSPS) is 15.5. The zero-order valence-electron chi connectivity index (χ0n) is 16.9. The van der Waals surface area contributed by atoms with Crippen molar-refractivity contribution < 1.29 is 23.9 Å². The highest BCUT2D eigenvalue weighted by atomic mass is 16.6. The molecule has 1 aliphatic rings. The van der Waals surface area contributed by atoms with E-state index in [9.17, 15) is 14.4 Å². The van der Waals surface area contributed by atoms with Crippen molar-refractivity contribution >= 4 is 18.0 Å². The first kappa shape index (κ1) is 21.7. The molecule has 154 valence electrons. The molecule has 0 saturated carbocycles. The first-order valence-corrected chi connectivity index (χ1v) is 9.76. The number of amides is 2. The van der Waals surface area contributed by atoms with Crippen LogP contribution in [0.3, 0.4) is 0 Å². The van der Waals surface area contributed by atoms with Gasteiger partial charge in [-0.1, -0.05) is 30.3 Å². The average Bonchev–Trinajstić information content (AvgIpc) is 2.65. The van der Waals surface area contributed by atoms with Crippen molar-refractivity contribution in [1.29, 1.82) is 0 Å². The topological polar surface area (TPSA) is 84.9 Å². The van der Waals surface area contributed by atoms with Crippen LogP contribution in [0.1, 0.15) is 58.1 Å². The van der Waals surface area contributed by atoms with E-state index in [4.69, 9.17) is 9.47 Å². The van der Waals surface area contributed by atoms with Gasteiger partial charge in [0, 0.05) is 25.2 Å². The minimum atomic E-state index is -0.965. The van der Waals surface area contributed by atoms with Gasteiger partial charge in [-0.3, -0.25) is 9.59 Å². The zero-order valence-corrected chi connectivity index (χ0v) is 16.9. The molecule has 0 bridgehead atoms. The van der Waals surface area contributed by atoms with Crippen LogP contribution >= 0.6 is 0 Å². The van der Waals surface area contributed by atoms with Crippen LogP contribution in [-0.2, 0) is 19.1 Å². The molecule has 1 aromatic carbocycles. The van der Waals surface area contributed by atoms with Crippen molar-refractivity contribution in [2.45, 2.75) is 58.2 Å². The lowest BCUT2D eigenvalue weighted by atomic mass is 10.1. The summed E-state index contributed by atoms with van der Waals surface area (Å²) in [7, 11) is 0. The molecule has 28 heavy (non-hydrogen) atoms. The Morgan fingerprint density at radius 1 is 1.07 bits per heavy atom. The van der Waals surface area contributed by atoms with Crippen LogP contribution in [0, 0.1) is 0 Å². The number of rotatable bonds is 6. The van der Waals surface area contributed by atoms with Crippen molar-refractivity contribution in [3.8, 4) is 0 Å². The Balaban J connectivity index is 1.93. The Hall–Kier alpha value is -2.57. The fraction of sp³-hybridized carbons (Fsp3) is 0.571. The molecule has 1 N–H and O–H groups in total. The van der Waals surface area contributed by atoms with Gasteiger partial charge in [0.2, 0.25) is 6.10 Å². The van der Waals surface area contributed by atoms with Gasteiger partial charge in [-0.05, 0) is 40.0 Å². The predicted molar refractivity (Wildman–Crippen MR) is 105 cm³/mol. The molecule has 1 atom stereocenters. The Morgan fingerprint density at radius 2 is 1.71 bits per heavy atom. The van der Waals surface area contributed by atoms with Gasteiger partial charge in [0.1, 0.15) is 5.60 Å². The van der Waals surface area contributed by atoms with E-state index in [0.717, 1.165) is 19.3 Å². The monoisotopic (exact) mass is 390 g/mol. The average molecular weight is 390 g/mol. The summed E-state index contributed by atoms with van der Waals surface area (Å²) < 4.78 is 10.6. The van der Waals surface area contributed by atoms with Crippen molar-refractivity contribution in [2.24, 2.45) is 0 Å².